The molecular formula is C37H45ClN2O7. The largest absolute Gasteiger partial charge is 0.481 e. The molecule has 2 heterocycles. The van der Waals surface area contributed by atoms with Crippen molar-refractivity contribution in [3.63, 3.8) is 0 Å². The van der Waals surface area contributed by atoms with Crippen molar-refractivity contribution in [2.75, 3.05) is 19.6 Å². The number of likely N-dealkylation sites (tertiary alicyclic amines) is 1. The van der Waals surface area contributed by atoms with Gasteiger partial charge in [0.1, 0.15) is 0 Å². The third-order valence-electron chi connectivity index (χ3n) is 9.18. The van der Waals surface area contributed by atoms with Gasteiger partial charge in [-0.2, -0.15) is 0 Å². The number of piperidine rings is 1. The number of aliphatic hydroxyl groups excluding tert-OH is 1. The van der Waals surface area contributed by atoms with Crippen LogP contribution in [0.1, 0.15) is 91.6 Å². The molecule has 0 unspecified atom stereocenters. The van der Waals surface area contributed by atoms with Gasteiger partial charge in [-0.15, -0.1) is 0 Å². The molecule has 3 aromatic rings. The summed E-state index contributed by atoms with van der Waals surface area (Å²) in [5.41, 5.74) is 3.73. The van der Waals surface area contributed by atoms with Gasteiger partial charge in [-0.05, 0) is 60.1 Å². The predicted octanol–water partition coefficient (Wildman–Crippen LogP) is 6.01. The number of carboxylic acids is 1. The van der Waals surface area contributed by atoms with E-state index < -0.39 is 17.9 Å². The van der Waals surface area contributed by atoms with Gasteiger partial charge in [0.2, 0.25) is 5.91 Å². The maximum atomic E-state index is 12.3. The fraction of sp³-hybridized carbons (Fsp3) is 0.459. The molecule has 0 radical (unpaired) electrons. The van der Waals surface area contributed by atoms with Gasteiger partial charge in [0, 0.05) is 56.0 Å². The molecule has 2 aliphatic rings. The number of rotatable bonds is 14. The molecule has 0 saturated carbocycles. The van der Waals surface area contributed by atoms with Gasteiger partial charge in [0.25, 0.3) is 0 Å². The average molecular weight is 665 g/mol. The maximum Gasteiger partial charge on any atom is 0.303 e. The van der Waals surface area contributed by atoms with Crippen LogP contribution in [0.3, 0.4) is 0 Å². The van der Waals surface area contributed by atoms with Crippen LogP contribution >= 0.6 is 11.6 Å². The Morgan fingerprint density at radius 2 is 1.49 bits per heavy atom. The van der Waals surface area contributed by atoms with Gasteiger partial charge in [0.15, 0.2) is 6.29 Å². The Labute approximate surface area is 281 Å². The highest BCUT2D eigenvalue weighted by molar-refractivity contribution is 6.30. The molecule has 4 N–H and O–H groups in total. The quantitative estimate of drug-likeness (QED) is 0.154. The number of hydrogen-bond donors (Lipinski definition) is 4. The molecule has 2 aliphatic heterocycles. The van der Waals surface area contributed by atoms with E-state index in [1.54, 1.807) is 0 Å². The van der Waals surface area contributed by atoms with E-state index >= 15 is 0 Å². The molecule has 3 atom stereocenters. The topological polar surface area (TPSA) is 129 Å². The lowest BCUT2D eigenvalue weighted by atomic mass is 9.84. The van der Waals surface area contributed by atoms with E-state index in [-0.39, 0.29) is 31.1 Å². The molecule has 1 amide bonds. The number of unbranched alkanes of at least 4 members (excludes halogenated alkanes) is 2. The zero-order valence-electron chi connectivity index (χ0n) is 26.7. The standard InChI is InChI=1S/C37H45ClN2O7/c38-31-16-14-30(15-17-31)37(45)18-20-40(21-19-37)24-32-22-33(28-10-8-27(25-41)9-11-28)47-36(46-32)29-12-6-26(7-13-29)23-39-34(42)4-2-1-3-5-35(43)44/h6-17,32-33,36,41,45H,1-5,18-25H2,(H,39,42)(H,43,44)/t32-,33+,36+/m0/s1. The minimum atomic E-state index is -0.875. The highest BCUT2D eigenvalue weighted by Gasteiger charge is 2.37. The normalized spacial score (nSPS) is 21.3. The van der Waals surface area contributed by atoms with Gasteiger partial charge < -0.3 is 35.0 Å². The SMILES string of the molecule is O=C(O)CCCCCC(=O)NCc1ccc([C@@H]2O[C@H](CN3CCC(O)(c4ccc(Cl)cc4)CC3)C[C@H](c3ccc(CO)cc3)O2)cc1. The minimum Gasteiger partial charge on any atom is -0.481 e. The van der Waals surface area contributed by atoms with Crippen molar-refractivity contribution in [3.8, 4) is 0 Å². The Bertz CT molecular complexity index is 1440. The minimum absolute atomic E-state index is 0.0168. The summed E-state index contributed by atoms with van der Waals surface area (Å²) in [6.45, 7) is 2.58. The number of carbonyl (C=O) groups is 2. The lowest BCUT2D eigenvalue weighted by Crippen LogP contribution is -2.46. The lowest BCUT2D eigenvalue weighted by Gasteiger charge is -2.42. The van der Waals surface area contributed by atoms with E-state index in [0.29, 0.717) is 63.1 Å². The van der Waals surface area contributed by atoms with Gasteiger partial charge in [-0.3, -0.25) is 9.59 Å². The molecule has 2 fully saturated rings. The summed E-state index contributed by atoms with van der Waals surface area (Å²) in [6, 6.07) is 23.2. The van der Waals surface area contributed by atoms with Crippen LogP contribution in [0.5, 0.6) is 0 Å². The average Bonchev–Trinajstić information content (AvgIpc) is 3.08. The van der Waals surface area contributed by atoms with Crippen LogP contribution in [0.4, 0.5) is 0 Å². The zero-order chi connectivity index (χ0) is 33.2. The Balaban J connectivity index is 1.19. The molecule has 10 heteroatoms. The highest BCUT2D eigenvalue weighted by Crippen LogP contribution is 2.39. The first kappa shape index (κ1) is 35.0. The molecule has 2 saturated heterocycles. The van der Waals surface area contributed by atoms with Crippen LogP contribution in [0.2, 0.25) is 5.02 Å². The second-order valence-corrected chi connectivity index (χ2v) is 13.1. The fourth-order valence-corrected chi connectivity index (χ4v) is 6.42. The maximum absolute atomic E-state index is 12.3. The van der Waals surface area contributed by atoms with Crippen molar-refractivity contribution >= 4 is 23.5 Å². The van der Waals surface area contributed by atoms with Crippen LogP contribution in [0.25, 0.3) is 0 Å². The van der Waals surface area contributed by atoms with Crippen LogP contribution < -0.4 is 5.32 Å². The number of aliphatic carboxylic acids is 1. The van der Waals surface area contributed by atoms with Crippen molar-refractivity contribution < 1.29 is 34.4 Å². The third-order valence-corrected chi connectivity index (χ3v) is 9.43. The van der Waals surface area contributed by atoms with Crippen molar-refractivity contribution in [2.45, 2.75) is 88.6 Å². The predicted molar refractivity (Wildman–Crippen MR) is 178 cm³/mol. The molecule has 5 rings (SSSR count). The van der Waals surface area contributed by atoms with Crippen molar-refractivity contribution in [3.05, 3.63) is 106 Å². The first-order valence-corrected chi connectivity index (χ1v) is 16.9. The second-order valence-electron chi connectivity index (χ2n) is 12.7. The molecule has 252 valence electrons. The smallest absolute Gasteiger partial charge is 0.303 e. The summed E-state index contributed by atoms with van der Waals surface area (Å²) < 4.78 is 13.1. The van der Waals surface area contributed by atoms with E-state index in [2.05, 4.69) is 10.2 Å². The van der Waals surface area contributed by atoms with Crippen molar-refractivity contribution in [2.24, 2.45) is 0 Å². The molecule has 0 aliphatic carbocycles. The summed E-state index contributed by atoms with van der Waals surface area (Å²) in [5, 5.41) is 33.2. The van der Waals surface area contributed by atoms with Crippen LogP contribution in [0.15, 0.2) is 72.8 Å². The summed E-state index contributed by atoms with van der Waals surface area (Å²) in [6.07, 6.45) is 3.50. The molecular weight excluding hydrogens is 620 g/mol. The summed E-state index contributed by atoms with van der Waals surface area (Å²) >= 11 is 6.06. The lowest BCUT2D eigenvalue weighted by molar-refractivity contribution is -0.253. The first-order chi connectivity index (χ1) is 22.7. The Morgan fingerprint density at radius 1 is 0.851 bits per heavy atom. The Morgan fingerprint density at radius 3 is 2.15 bits per heavy atom. The molecule has 47 heavy (non-hydrogen) atoms. The van der Waals surface area contributed by atoms with Crippen LogP contribution in [-0.2, 0) is 37.8 Å². The van der Waals surface area contributed by atoms with Crippen LogP contribution in [0, 0.1) is 0 Å². The fourth-order valence-electron chi connectivity index (χ4n) is 6.30. The van der Waals surface area contributed by atoms with Gasteiger partial charge in [-0.25, -0.2) is 0 Å². The Hall–Kier alpha value is -3.31. The van der Waals surface area contributed by atoms with E-state index in [9.17, 15) is 19.8 Å². The van der Waals surface area contributed by atoms with Gasteiger partial charge >= 0.3 is 5.97 Å². The zero-order valence-corrected chi connectivity index (χ0v) is 27.4. The van der Waals surface area contributed by atoms with E-state index in [0.717, 1.165) is 40.9 Å². The molecule has 0 aromatic heterocycles. The molecule has 0 bridgehead atoms. The number of halogens is 1. The number of aliphatic hydroxyl groups is 2. The highest BCUT2D eigenvalue weighted by atomic mass is 35.5. The third kappa shape index (κ3) is 10.1. The van der Waals surface area contributed by atoms with Crippen LogP contribution in [-0.4, -0.2) is 57.8 Å². The van der Waals surface area contributed by atoms with Gasteiger partial charge in [0.05, 0.1) is 24.4 Å². The number of benzene rings is 3. The van der Waals surface area contributed by atoms with Crippen molar-refractivity contribution in [1.82, 2.24) is 10.2 Å². The number of carbonyl (C=O) groups excluding carboxylic acids is 1. The molecule has 3 aromatic carbocycles. The number of nitrogens with one attached hydrogen (secondary N) is 1. The summed E-state index contributed by atoms with van der Waals surface area (Å²) in [5.74, 6) is -0.860. The number of ether oxygens (including phenoxy) is 2. The van der Waals surface area contributed by atoms with E-state index in [1.165, 1.54) is 0 Å². The number of carboxylic acid groups (broad SMARTS) is 1. The Kier molecular flexibility index (Phi) is 12.4. The first-order valence-electron chi connectivity index (χ1n) is 16.5. The van der Waals surface area contributed by atoms with Crippen molar-refractivity contribution in [1.29, 1.82) is 0 Å². The van der Waals surface area contributed by atoms with E-state index in [4.69, 9.17) is 26.2 Å². The summed E-state index contributed by atoms with van der Waals surface area (Å²) in [7, 11) is 0. The van der Waals surface area contributed by atoms with E-state index in [1.807, 2.05) is 72.8 Å². The number of hydrogen-bond acceptors (Lipinski definition) is 7. The number of amides is 1. The second kappa shape index (κ2) is 16.7. The summed E-state index contributed by atoms with van der Waals surface area (Å²) in [4.78, 5) is 25.2. The van der Waals surface area contributed by atoms with Gasteiger partial charge in [-0.1, -0.05) is 78.7 Å². The number of nitrogens with zero attached hydrogens (tertiary/aromatic N) is 1. The molecule has 0 spiro atoms. The molecule has 9 nitrogen and oxygen atoms in total. The monoisotopic (exact) mass is 664 g/mol.